The number of halogens is 6. The Kier molecular flexibility index (Phi) is 6.32. The van der Waals surface area contributed by atoms with Crippen molar-refractivity contribution in [3.63, 3.8) is 0 Å². The van der Waals surface area contributed by atoms with Crippen LogP contribution in [0.1, 0.15) is 23.6 Å². The Morgan fingerprint density at radius 3 is 2.33 bits per heavy atom. The van der Waals surface area contributed by atoms with Crippen molar-refractivity contribution in [3.8, 4) is 11.8 Å². The Morgan fingerprint density at radius 2 is 1.77 bits per heavy atom. The van der Waals surface area contributed by atoms with E-state index in [0.29, 0.717) is 12.1 Å². The van der Waals surface area contributed by atoms with Crippen molar-refractivity contribution in [1.29, 1.82) is 5.26 Å². The lowest BCUT2D eigenvalue weighted by molar-refractivity contribution is -0.138. The molecule has 1 atom stereocenters. The minimum absolute atomic E-state index is 0.268. The number of carbonyl (C=O) groups is 1. The molecule has 0 radical (unpaired) electrons. The van der Waals surface area contributed by atoms with Gasteiger partial charge in [-0.25, -0.2) is 0 Å². The molecule has 11 heteroatoms. The van der Waals surface area contributed by atoms with Gasteiger partial charge in [-0.05, 0) is 43.3 Å². The Labute approximate surface area is 166 Å². The van der Waals surface area contributed by atoms with Gasteiger partial charge in [-0.3, -0.25) is 4.79 Å². The number of anilines is 1. The van der Waals surface area contributed by atoms with Gasteiger partial charge in [-0.15, -0.1) is 0 Å². The Hall–Kier alpha value is -3.26. The minimum Gasteiger partial charge on any atom is -0.490 e. The highest BCUT2D eigenvalue weighted by atomic mass is 19.4. The van der Waals surface area contributed by atoms with Crippen molar-refractivity contribution in [3.05, 3.63) is 59.2 Å². The Morgan fingerprint density at radius 1 is 1.10 bits per heavy atom. The molecule has 2 aromatic rings. The SMILES string of the molecule is CC(O)(COc1cccc(C(F)(F)F)c1)C(=O)Nc1ccc(C#N)c(C(F)(F)F)c1. The molecule has 1 unspecified atom stereocenters. The van der Waals surface area contributed by atoms with E-state index in [1.165, 1.54) is 12.1 Å². The zero-order valence-electron chi connectivity index (χ0n) is 15.2. The van der Waals surface area contributed by atoms with E-state index in [1.54, 1.807) is 0 Å². The Balaban J connectivity index is 2.13. The van der Waals surface area contributed by atoms with Crippen LogP contribution in [-0.4, -0.2) is 23.2 Å². The summed E-state index contributed by atoms with van der Waals surface area (Å²) in [7, 11) is 0. The van der Waals surface area contributed by atoms with E-state index in [0.717, 1.165) is 31.2 Å². The fourth-order valence-corrected chi connectivity index (χ4v) is 2.27. The zero-order chi connectivity index (χ0) is 22.7. The molecule has 0 spiro atoms. The van der Waals surface area contributed by atoms with Crippen LogP contribution in [0.2, 0.25) is 0 Å². The average molecular weight is 432 g/mol. The normalized spacial score (nSPS) is 13.8. The first kappa shape index (κ1) is 23.0. The van der Waals surface area contributed by atoms with E-state index >= 15 is 0 Å². The van der Waals surface area contributed by atoms with Gasteiger partial charge in [0.1, 0.15) is 12.4 Å². The first-order valence-corrected chi connectivity index (χ1v) is 8.19. The summed E-state index contributed by atoms with van der Waals surface area (Å²) in [5.41, 5.74) is -5.56. The number of amides is 1. The predicted octanol–water partition coefficient (Wildman–Crippen LogP) is 4.36. The van der Waals surface area contributed by atoms with E-state index in [2.05, 4.69) is 5.32 Å². The molecule has 0 saturated heterocycles. The second-order valence-electron chi connectivity index (χ2n) is 6.41. The quantitative estimate of drug-likeness (QED) is 0.688. The molecule has 2 N–H and O–H groups in total. The van der Waals surface area contributed by atoms with Crippen molar-refractivity contribution in [2.45, 2.75) is 24.9 Å². The number of hydrogen-bond acceptors (Lipinski definition) is 4. The summed E-state index contributed by atoms with van der Waals surface area (Å²) in [4.78, 5) is 12.2. The average Bonchev–Trinajstić information content (AvgIpc) is 2.65. The molecule has 0 heterocycles. The minimum atomic E-state index is -4.85. The number of hydrogen-bond donors (Lipinski definition) is 2. The van der Waals surface area contributed by atoms with Gasteiger partial charge in [0, 0.05) is 5.69 Å². The standard InChI is InChI=1S/C19H14F6N2O3/c1-17(29,10-30-14-4-2-3-12(7-14)18(20,21)22)16(28)27-13-6-5-11(9-26)15(8-13)19(23,24)25/h2-8,29H,10H2,1H3,(H,27,28). The van der Waals surface area contributed by atoms with E-state index in [4.69, 9.17) is 10.00 Å². The number of carbonyl (C=O) groups excluding carboxylic acids is 1. The van der Waals surface area contributed by atoms with Crippen molar-refractivity contribution in [1.82, 2.24) is 0 Å². The fourth-order valence-electron chi connectivity index (χ4n) is 2.27. The number of benzene rings is 2. The number of rotatable bonds is 5. The van der Waals surface area contributed by atoms with Gasteiger partial charge in [-0.1, -0.05) is 6.07 Å². The van der Waals surface area contributed by atoms with Crippen molar-refractivity contribution >= 4 is 11.6 Å². The molecule has 1 amide bonds. The number of nitrogens with one attached hydrogen (secondary N) is 1. The maximum absolute atomic E-state index is 13.0. The van der Waals surface area contributed by atoms with E-state index in [9.17, 15) is 36.2 Å². The molecule has 0 aliphatic carbocycles. The second-order valence-corrected chi connectivity index (χ2v) is 6.41. The second kappa shape index (κ2) is 8.23. The van der Waals surface area contributed by atoms with Gasteiger partial charge in [0.15, 0.2) is 5.60 Å². The predicted molar refractivity (Wildman–Crippen MR) is 92.4 cm³/mol. The van der Waals surface area contributed by atoms with Gasteiger partial charge < -0.3 is 15.2 Å². The summed E-state index contributed by atoms with van der Waals surface area (Å²) in [6.45, 7) is 0.201. The number of nitrogens with zero attached hydrogens (tertiary/aromatic N) is 1. The fraction of sp³-hybridized carbons (Fsp3) is 0.263. The molecule has 0 aromatic heterocycles. The molecule has 0 bridgehead atoms. The van der Waals surface area contributed by atoms with Crippen LogP contribution in [0.15, 0.2) is 42.5 Å². The highest BCUT2D eigenvalue weighted by Crippen LogP contribution is 2.34. The molecule has 0 aliphatic rings. The van der Waals surface area contributed by atoms with Crippen LogP contribution in [0.4, 0.5) is 32.0 Å². The number of alkyl halides is 6. The van der Waals surface area contributed by atoms with E-state index in [1.807, 2.05) is 0 Å². The first-order chi connectivity index (χ1) is 13.7. The van der Waals surface area contributed by atoms with Crippen LogP contribution in [0, 0.1) is 11.3 Å². The summed E-state index contributed by atoms with van der Waals surface area (Å²) in [5.74, 6) is -1.43. The largest absolute Gasteiger partial charge is 0.490 e. The lowest BCUT2D eigenvalue weighted by atomic mass is 10.1. The molecule has 5 nitrogen and oxygen atoms in total. The molecule has 160 valence electrons. The van der Waals surface area contributed by atoms with Crippen molar-refractivity contribution in [2.24, 2.45) is 0 Å². The number of nitriles is 1. The van der Waals surface area contributed by atoms with Crippen molar-refractivity contribution < 1.29 is 41.0 Å². The van der Waals surface area contributed by atoms with Crippen LogP contribution < -0.4 is 10.1 Å². The third kappa shape index (κ3) is 5.64. The van der Waals surface area contributed by atoms with Crippen LogP contribution in [0.3, 0.4) is 0 Å². The molecule has 0 saturated carbocycles. The molecular weight excluding hydrogens is 418 g/mol. The topological polar surface area (TPSA) is 82.3 Å². The van der Waals surface area contributed by atoms with Gasteiger partial charge in [-0.2, -0.15) is 31.6 Å². The summed E-state index contributed by atoms with van der Waals surface area (Å²) in [6, 6.07) is 7.53. The maximum atomic E-state index is 13.0. The molecule has 2 rings (SSSR count). The Bertz CT molecular complexity index is 977. The number of ether oxygens (including phenoxy) is 1. The molecule has 0 aliphatic heterocycles. The molecule has 2 aromatic carbocycles. The summed E-state index contributed by atoms with van der Waals surface area (Å²) in [5, 5.41) is 21.1. The highest BCUT2D eigenvalue weighted by molar-refractivity contribution is 5.97. The van der Waals surface area contributed by atoms with Gasteiger partial charge in [0.05, 0.1) is 22.8 Å². The molecule has 0 fully saturated rings. The van der Waals surface area contributed by atoms with Gasteiger partial charge in [0.2, 0.25) is 0 Å². The lowest BCUT2D eigenvalue weighted by Gasteiger charge is -2.23. The van der Waals surface area contributed by atoms with E-state index < -0.39 is 47.2 Å². The van der Waals surface area contributed by atoms with Crippen LogP contribution in [0.5, 0.6) is 5.75 Å². The van der Waals surface area contributed by atoms with Crippen LogP contribution in [0.25, 0.3) is 0 Å². The third-order valence-corrected chi connectivity index (χ3v) is 3.87. The summed E-state index contributed by atoms with van der Waals surface area (Å²) < 4.78 is 82.2. The summed E-state index contributed by atoms with van der Waals surface area (Å²) in [6.07, 6.45) is -9.47. The lowest BCUT2D eigenvalue weighted by Crippen LogP contribution is -2.45. The maximum Gasteiger partial charge on any atom is 0.417 e. The van der Waals surface area contributed by atoms with Gasteiger partial charge in [0.25, 0.3) is 5.91 Å². The smallest absolute Gasteiger partial charge is 0.417 e. The number of aliphatic hydroxyl groups is 1. The molecule has 30 heavy (non-hydrogen) atoms. The monoisotopic (exact) mass is 432 g/mol. The summed E-state index contributed by atoms with van der Waals surface area (Å²) >= 11 is 0. The zero-order valence-corrected chi connectivity index (χ0v) is 15.2. The van der Waals surface area contributed by atoms with E-state index in [-0.39, 0.29) is 11.4 Å². The highest BCUT2D eigenvalue weighted by Gasteiger charge is 2.36. The van der Waals surface area contributed by atoms with Gasteiger partial charge >= 0.3 is 12.4 Å². The van der Waals surface area contributed by atoms with Crippen LogP contribution >= 0.6 is 0 Å². The van der Waals surface area contributed by atoms with Crippen LogP contribution in [-0.2, 0) is 17.1 Å². The first-order valence-electron chi connectivity index (χ1n) is 8.19. The van der Waals surface area contributed by atoms with Crippen molar-refractivity contribution in [2.75, 3.05) is 11.9 Å². The molecular formula is C19H14F6N2O3. The third-order valence-electron chi connectivity index (χ3n) is 3.87.